The van der Waals surface area contributed by atoms with Gasteiger partial charge in [0.25, 0.3) is 5.76 Å². The molecular formula is C60H64Cl4N6O4+2. The maximum atomic E-state index is 12.0. The summed E-state index contributed by atoms with van der Waals surface area (Å²) < 4.78 is 0. The number of aliphatic hydroxyl groups excluding tert-OH is 1. The SMILES string of the molecule is OC1=C2C=N[C@H]3CCCC[C@@H]3N=Cc3cc(Cl)cc(c3O)CN(CCc3ccccc3)Cc3cc(Cl)cc(c3O)C=N[C@H]3CCCC[C@@H]3N=Cc3cc(Cl)cc(c3O)CN(CCc3ccccc3)C[C+]1C[C+](Cl)C2. The highest BCUT2D eigenvalue weighted by molar-refractivity contribution is 6.31. The van der Waals surface area contributed by atoms with Gasteiger partial charge in [0.05, 0.1) is 30.7 Å². The number of aliphatic imine (C=N–C) groups is 4. The molecule has 0 unspecified atom stereocenters. The summed E-state index contributed by atoms with van der Waals surface area (Å²) in [7, 11) is 0. The van der Waals surface area contributed by atoms with E-state index in [1.54, 1.807) is 61.3 Å². The highest BCUT2D eigenvalue weighted by Gasteiger charge is 2.46. The maximum Gasteiger partial charge on any atom is 0.296 e. The third-order valence-electron chi connectivity index (χ3n) is 14.7. The van der Waals surface area contributed by atoms with Gasteiger partial charge in [-0.3, -0.25) is 29.8 Å². The number of hydrogen-bond acceptors (Lipinski definition) is 10. The van der Waals surface area contributed by atoms with Crippen LogP contribution >= 0.6 is 46.4 Å². The number of nitrogens with zero attached hydrogens (tertiary/aromatic N) is 6. The second-order valence-corrected chi connectivity index (χ2v) is 22.0. The fourth-order valence-corrected chi connectivity index (χ4v) is 11.8. The summed E-state index contributed by atoms with van der Waals surface area (Å²) in [6.07, 6.45) is 16.3. The average Bonchev–Trinajstić information content (AvgIpc) is 3.40. The lowest BCUT2D eigenvalue weighted by molar-refractivity contribution is 0.253. The Morgan fingerprint density at radius 3 is 1.30 bits per heavy atom. The van der Waals surface area contributed by atoms with E-state index in [2.05, 4.69) is 34.1 Å². The molecule has 14 heteroatoms. The summed E-state index contributed by atoms with van der Waals surface area (Å²) in [4.78, 5) is 24.6. The standard InChI is InChI=1S/C60H62Cl4N6O4/c61-49-23-41-31-65-53-15-7-9-17-55(53)67-33-43-25-51(63)29-47(59(43)73)37-70(22-20-40-13-5-2-6-14-40)38-48-30-52(64)26-44(60(48)74)34-68-56-18-10-8-16-54(56)66-32-42-24-50(62)28-46(58(42)72)36-69(35-45(27-49)57(41)71)21-19-39-11-3-1-4-12-39/h1-6,11-14,23-25,27-29,31-34,53-56H,7-10,15-22,26,30,35-38H2,(H2-2,65,66,67,68,71,72,73,74)/p+2/t53-,54-,55-,56-/m0/s1. The maximum absolute atomic E-state index is 12.0. The van der Waals surface area contributed by atoms with Gasteiger partial charge in [0.2, 0.25) is 11.8 Å². The summed E-state index contributed by atoms with van der Waals surface area (Å²) in [6, 6.07) is 30.3. The van der Waals surface area contributed by atoms with Crippen LogP contribution in [0.25, 0.3) is 0 Å². The molecule has 5 aromatic carbocycles. The van der Waals surface area contributed by atoms with Gasteiger partial charge in [-0.25, -0.2) is 0 Å². The van der Waals surface area contributed by atoms with Crippen molar-refractivity contribution in [2.24, 2.45) is 20.0 Å². The summed E-state index contributed by atoms with van der Waals surface area (Å²) in [5.41, 5.74) is 6.37. The zero-order valence-corrected chi connectivity index (χ0v) is 44.6. The van der Waals surface area contributed by atoms with Crippen molar-refractivity contribution in [3.63, 3.8) is 0 Å². The molecule has 10 nitrogen and oxygen atoms in total. The van der Waals surface area contributed by atoms with Gasteiger partial charge in [0.1, 0.15) is 35.1 Å². The molecule has 2 saturated carbocycles. The van der Waals surface area contributed by atoms with E-state index in [0.29, 0.717) is 112 Å². The Hall–Kier alpha value is -5.46. The van der Waals surface area contributed by atoms with Crippen molar-refractivity contribution >= 4 is 71.3 Å². The molecule has 0 aromatic heterocycles. The lowest BCUT2D eigenvalue weighted by atomic mass is 9.87. The lowest BCUT2D eigenvalue weighted by Gasteiger charge is -2.26. The first kappa shape index (κ1) is 53.4. The normalized spacial score (nSPS) is 21.6. The predicted molar refractivity (Wildman–Crippen MR) is 304 cm³/mol. The van der Waals surface area contributed by atoms with Crippen LogP contribution in [0.4, 0.5) is 0 Å². The first-order valence-electron chi connectivity index (χ1n) is 25.9. The van der Waals surface area contributed by atoms with Crippen molar-refractivity contribution in [1.82, 2.24) is 9.80 Å². The van der Waals surface area contributed by atoms with Gasteiger partial charge in [-0.2, -0.15) is 0 Å². The molecule has 4 N–H and O–H groups in total. The summed E-state index contributed by atoms with van der Waals surface area (Å²) >= 11 is 27.4. The smallest absolute Gasteiger partial charge is 0.296 e. The summed E-state index contributed by atoms with van der Waals surface area (Å²) in [5.74, 6) is 1.21. The van der Waals surface area contributed by atoms with Gasteiger partial charge in [-0.15, -0.1) is 0 Å². The Morgan fingerprint density at radius 2 is 0.878 bits per heavy atom. The van der Waals surface area contributed by atoms with E-state index in [1.807, 2.05) is 36.4 Å². The number of phenols is 3. The minimum Gasteiger partial charge on any atom is -0.507 e. The molecule has 9 rings (SSSR count). The highest BCUT2D eigenvalue weighted by atomic mass is 35.5. The molecular weight excluding hydrogens is 1010 g/mol. The van der Waals surface area contributed by atoms with Crippen molar-refractivity contribution in [2.75, 3.05) is 19.6 Å². The summed E-state index contributed by atoms with van der Waals surface area (Å²) in [6.45, 7) is 2.59. The lowest BCUT2D eigenvalue weighted by Crippen LogP contribution is -2.33. The number of benzene rings is 5. The van der Waals surface area contributed by atoms with Crippen LogP contribution in [-0.2, 0) is 32.5 Å². The average molecular weight is 1080 g/mol. The Bertz CT molecular complexity index is 2880. The third kappa shape index (κ3) is 14.1. The highest BCUT2D eigenvalue weighted by Crippen LogP contribution is 2.40. The molecule has 1 heterocycles. The number of fused-ring (bicyclic) bond motifs is 9. The van der Waals surface area contributed by atoms with Crippen molar-refractivity contribution < 1.29 is 20.4 Å². The molecule has 5 aromatic rings. The van der Waals surface area contributed by atoms with Crippen LogP contribution in [0.3, 0.4) is 0 Å². The molecule has 384 valence electrons. The van der Waals surface area contributed by atoms with Gasteiger partial charge in [-0.1, -0.05) is 121 Å². The molecule has 2 fully saturated rings. The van der Waals surface area contributed by atoms with Crippen LogP contribution < -0.4 is 0 Å². The van der Waals surface area contributed by atoms with Crippen LogP contribution in [0, 0.1) is 11.3 Å². The van der Waals surface area contributed by atoms with Gasteiger partial charge in [0, 0.05) is 99.8 Å². The monoisotopic (exact) mass is 1070 g/mol. The number of aromatic hydroxyl groups is 3. The molecule has 0 spiro atoms. The number of allylic oxidation sites excluding steroid dienone is 1. The Kier molecular flexibility index (Phi) is 18.3. The largest absolute Gasteiger partial charge is 0.507 e. The minimum absolute atomic E-state index is 0.0789. The van der Waals surface area contributed by atoms with Gasteiger partial charge in [-0.05, 0) is 86.1 Å². The van der Waals surface area contributed by atoms with E-state index in [0.717, 1.165) is 75.7 Å². The van der Waals surface area contributed by atoms with Gasteiger partial charge in [0.15, 0.2) is 17.9 Å². The fraction of sp³-hybridized carbons (Fsp3) is 0.367. The van der Waals surface area contributed by atoms with Crippen LogP contribution in [0.1, 0.15) is 109 Å². The number of rotatable bonds is 6. The topological polar surface area (TPSA) is 137 Å². The molecule has 8 bridgehead atoms. The quantitative estimate of drug-likeness (QED) is 0.125. The van der Waals surface area contributed by atoms with E-state index in [4.69, 9.17) is 66.4 Å². The first-order chi connectivity index (χ1) is 35.9. The summed E-state index contributed by atoms with van der Waals surface area (Å²) in [5, 5.41) is 49.9. The zero-order valence-electron chi connectivity index (χ0n) is 41.6. The van der Waals surface area contributed by atoms with Crippen LogP contribution in [0.2, 0.25) is 15.1 Å². The molecule has 4 atom stereocenters. The second-order valence-electron chi connectivity index (χ2n) is 20.2. The van der Waals surface area contributed by atoms with Crippen LogP contribution in [0.5, 0.6) is 17.2 Å². The van der Waals surface area contributed by atoms with Gasteiger partial charge >= 0.3 is 0 Å². The molecule has 74 heavy (non-hydrogen) atoms. The number of halogens is 4. The molecule has 1 aliphatic heterocycles. The van der Waals surface area contributed by atoms with Crippen molar-refractivity contribution in [3.05, 3.63) is 179 Å². The Labute approximate surface area is 455 Å². The molecule has 3 aliphatic carbocycles. The van der Waals surface area contributed by atoms with Crippen LogP contribution in [-0.4, -0.2) is 98.9 Å². The van der Waals surface area contributed by atoms with Crippen molar-refractivity contribution in [1.29, 1.82) is 0 Å². The number of aliphatic hydroxyl groups is 1. The van der Waals surface area contributed by atoms with E-state index in [-0.39, 0.29) is 47.2 Å². The number of hydrogen-bond donors (Lipinski definition) is 4. The molecule has 0 amide bonds. The van der Waals surface area contributed by atoms with E-state index in [9.17, 15) is 20.4 Å². The Morgan fingerprint density at radius 1 is 0.500 bits per heavy atom. The van der Waals surface area contributed by atoms with Gasteiger partial charge < -0.3 is 20.4 Å². The van der Waals surface area contributed by atoms with E-state index < -0.39 is 0 Å². The van der Waals surface area contributed by atoms with E-state index >= 15 is 0 Å². The van der Waals surface area contributed by atoms with Crippen molar-refractivity contribution in [2.45, 2.75) is 121 Å². The Balaban J connectivity index is 1.09. The first-order valence-corrected chi connectivity index (χ1v) is 27.4. The van der Waals surface area contributed by atoms with Crippen molar-refractivity contribution in [3.8, 4) is 17.2 Å². The van der Waals surface area contributed by atoms with Crippen LogP contribution in [0.15, 0.2) is 128 Å². The third-order valence-corrected chi connectivity index (χ3v) is 15.6. The fourth-order valence-electron chi connectivity index (χ4n) is 10.7. The minimum atomic E-state index is -0.182. The molecule has 0 saturated heterocycles. The molecule has 0 radical (unpaired) electrons. The molecule has 4 aliphatic rings. The zero-order chi connectivity index (χ0) is 51.6. The van der Waals surface area contributed by atoms with E-state index in [1.165, 1.54) is 5.56 Å². The number of phenolic OH excluding ortho intramolecular Hbond substituents is 3. The second kappa shape index (κ2) is 25.4. The predicted octanol–water partition coefficient (Wildman–Crippen LogP) is 13.7.